The zero-order valence-electron chi connectivity index (χ0n) is 10.1. The van der Waals surface area contributed by atoms with Crippen molar-refractivity contribution in [3.63, 3.8) is 0 Å². The van der Waals surface area contributed by atoms with Gasteiger partial charge in [0.15, 0.2) is 0 Å². The van der Waals surface area contributed by atoms with Crippen LogP contribution in [0.3, 0.4) is 0 Å². The number of thioether (sulfide) groups is 1. The molecule has 0 spiro atoms. The minimum absolute atomic E-state index is 0.0911. The molecule has 1 aromatic carbocycles. The second-order valence-electron chi connectivity index (χ2n) is 3.81. The number of amides is 1. The van der Waals surface area contributed by atoms with Gasteiger partial charge in [0.25, 0.3) is 0 Å². The number of carbonyl (C=O) groups excluding carboxylic acids is 1. The van der Waals surface area contributed by atoms with Gasteiger partial charge in [0.1, 0.15) is 5.76 Å². The van der Waals surface area contributed by atoms with Crippen LogP contribution in [0.25, 0.3) is 0 Å². The van der Waals surface area contributed by atoms with Crippen LogP contribution >= 0.6 is 11.8 Å². The van der Waals surface area contributed by atoms with Crippen molar-refractivity contribution < 1.29 is 9.21 Å². The molecular weight excluding hydrogens is 260 g/mol. The van der Waals surface area contributed by atoms with Gasteiger partial charge in [-0.25, -0.2) is 0 Å². The van der Waals surface area contributed by atoms with E-state index in [2.05, 4.69) is 5.32 Å². The van der Waals surface area contributed by atoms with E-state index in [0.29, 0.717) is 22.8 Å². The first-order valence-electron chi connectivity index (χ1n) is 5.68. The minimum atomic E-state index is -0.0911. The number of nitriles is 1. The molecule has 0 aliphatic heterocycles. The Morgan fingerprint density at radius 3 is 3.00 bits per heavy atom. The van der Waals surface area contributed by atoms with Crippen LogP contribution < -0.4 is 5.32 Å². The van der Waals surface area contributed by atoms with Crippen LogP contribution in [0.5, 0.6) is 0 Å². The zero-order valence-corrected chi connectivity index (χ0v) is 10.9. The van der Waals surface area contributed by atoms with Crippen molar-refractivity contribution in [1.82, 2.24) is 0 Å². The lowest BCUT2D eigenvalue weighted by molar-refractivity contribution is -0.113. The summed E-state index contributed by atoms with van der Waals surface area (Å²) < 4.78 is 5.18. The number of nitrogens with zero attached hydrogens (tertiary/aromatic N) is 1. The van der Waals surface area contributed by atoms with E-state index >= 15 is 0 Å². The van der Waals surface area contributed by atoms with Crippen molar-refractivity contribution >= 4 is 23.4 Å². The van der Waals surface area contributed by atoms with Gasteiger partial charge in [-0.15, -0.1) is 11.8 Å². The quantitative estimate of drug-likeness (QED) is 0.908. The maximum Gasteiger partial charge on any atom is 0.234 e. The number of nitrogens with one attached hydrogen (secondary N) is 1. The number of rotatable bonds is 5. The van der Waals surface area contributed by atoms with Gasteiger partial charge in [-0.2, -0.15) is 5.26 Å². The molecule has 0 fully saturated rings. The Morgan fingerprint density at radius 2 is 2.26 bits per heavy atom. The third-order valence-electron chi connectivity index (χ3n) is 2.33. The summed E-state index contributed by atoms with van der Waals surface area (Å²) in [5.74, 6) is 1.77. The van der Waals surface area contributed by atoms with Crippen molar-refractivity contribution in [3.05, 3.63) is 54.0 Å². The van der Waals surface area contributed by atoms with Crippen molar-refractivity contribution in [3.8, 4) is 6.07 Å². The summed E-state index contributed by atoms with van der Waals surface area (Å²) in [6.45, 7) is 0. The predicted octanol–water partition coefficient (Wildman–Crippen LogP) is 3.02. The van der Waals surface area contributed by atoms with E-state index in [-0.39, 0.29) is 5.91 Å². The van der Waals surface area contributed by atoms with Crippen LogP contribution in [0.1, 0.15) is 11.3 Å². The first-order valence-corrected chi connectivity index (χ1v) is 6.83. The maximum absolute atomic E-state index is 11.7. The Labute approximate surface area is 115 Å². The highest BCUT2D eigenvalue weighted by Crippen LogP contribution is 2.14. The van der Waals surface area contributed by atoms with Gasteiger partial charge in [-0.3, -0.25) is 4.79 Å². The first-order chi connectivity index (χ1) is 9.28. The molecule has 0 aliphatic rings. The van der Waals surface area contributed by atoms with Crippen molar-refractivity contribution in [2.24, 2.45) is 0 Å². The van der Waals surface area contributed by atoms with E-state index in [0.717, 1.165) is 5.76 Å². The predicted molar refractivity (Wildman–Crippen MR) is 74.7 cm³/mol. The summed E-state index contributed by atoms with van der Waals surface area (Å²) >= 11 is 1.48. The molecule has 0 atom stereocenters. The van der Waals surface area contributed by atoms with Gasteiger partial charge >= 0.3 is 0 Å². The molecule has 0 unspecified atom stereocenters. The van der Waals surface area contributed by atoms with E-state index in [9.17, 15) is 4.79 Å². The smallest absolute Gasteiger partial charge is 0.234 e. The Morgan fingerprint density at radius 1 is 1.37 bits per heavy atom. The minimum Gasteiger partial charge on any atom is -0.468 e. The fraction of sp³-hybridized carbons (Fsp3) is 0.143. The standard InChI is InChI=1S/C14H12N2O2S/c15-8-11-3-1-4-12(7-11)16-14(17)10-19-9-13-5-2-6-18-13/h1-7H,9-10H2,(H,16,17). The van der Waals surface area contributed by atoms with Gasteiger partial charge in [0.2, 0.25) is 5.91 Å². The Kier molecular flexibility index (Phi) is 4.65. The zero-order chi connectivity index (χ0) is 13.5. The van der Waals surface area contributed by atoms with Crippen LogP contribution in [0, 0.1) is 11.3 Å². The molecular formula is C14H12N2O2S. The van der Waals surface area contributed by atoms with Crippen molar-refractivity contribution in [2.45, 2.75) is 5.75 Å². The SMILES string of the molecule is N#Cc1cccc(NC(=O)CSCc2ccco2)c1. The molecule has 0 aliphatic carbocycles. The number of hydrogen-bond acceptors (Lipinski definition) is 4. The number of hydrogen-bond donors (Lipinski definition) is 1. The first kappa shape index (κ1) is 13.2. The summed E-state index contributed by atoms with van der Waals surface area (Å²) in [7, 11) is 0. The molecule has 5 heteroatoms. The maximum atomic E-state index is 11.7. The Hall–Kier alpha value is -2.19. The highest BCUT2D eigenvalue weighted by molar-refractivity contribution is 7.99. The van der Waals surface area contributed by atoms with Gasteiger partial charge < -0.3 is 9.73 Å². The summed E-state index contributed by atoms with van der Waals surface area (Å²) in [4.78, 5) is 11.7. The molecule has 1 N–H and O–H groups in total. The van der Waals surface area contributed by atoms with Crippen molar-refractivity contribution in [2.75, 3.05) is 11.1 Å². The fourth-order valence-electron chi connectivity index (χ4n) is 1.50. The van der Waals surface area contributed by atoms with Crippen LogP contribution in [-0.4, -0.2) is 11.7 Å². The van der Waals surface area contributed by atoms with Gasteiger partial charge in [-0.1, -0.05) is 6.07 Å². The second-order valence-corrected chi connectivity index (χ2v) is 4.80. The number of furan rings is 1. The normalized spacial score (nSPS) is 9.84. The van der Waals surface area contributed by atoms with Gasteiger partial charge in [-0.05, 0) is 30.3 Å². The number of carbonyl (C=O) groups is 1. The van der Waals surface area contributed by atoms with Gasteiger partial charge in [0.05, 0.1) is 29.4 Å². The number of anilines is 1. The number of benzene rings is 1. The molecule has 0 bridgehead atoms. The van der Waals surface area contributed by atoms with Crippen LogP contribution in [0.15, 0.2) is 47.1 Å². The summed E-state index contributed by atoms with van der Waals surface area (Å²) in [5, 5.41) is 11.5. The summed E-state index contributed by atoms with van der Waals surface area (Å²) in [6, 6.07) is 12.6. The molecule has 1 heterocycles. The Bertz CT molecular complexity index is 588. The molecule has 0 saturated heterocycles. The summed E-state index contributed by atoms with van der Waals surface area (Å²) in [5.41, 5.74) is 1.17. The molecule has 4 nitrogen and oxygen atoms in total. The highest BCUT2D eigenvalue weighted by atomic mass is 32.2. The van der Waals surface area contributed by atoms with Crippen LogP contribution in [0.4, 0.5) is 5.69 Å². The summed E-state index contributed by atoms with van der Waals surface area (Å²) in [6.07, 6.45) is 1.61. The Balaban J connectivity index is 1.79. The third kappa shape index (κ3) is 4.19. The van der Waals surface area contributed by atoms with Crippen LogP contribution in [-0.2, 0) is 10.5 Å². The largest absolute Gasteiger partial charge is 0.468 e. The van der Waals surface area contributed by atoms with Crippen LogP contribution in [0.2, 0.25) is 0 Å². The van der Waals surface area contributed by atoms with Gasteiger partial charge in [0, 0.05) is 5.69 Å². The lowest BCUT2D eigenvalue weighted by atomic mass is 10.2. The molecule has 0 saturated carbocycles. The molecule has 1 amide bonds. The molecule has 1 aromatic heterocycles. The average Bonchev–Trinajstić information content (AvgIpc) is 2.92. The van der Waals surface area contributed by atoms with E-state index in [1.165, 1.54) is 11.8 Å². The lowest BCUT2D eigenvalue weighted by Crippen LogP contribution is -2.14. The highest BCUT2D eigenvalue weighted by Gasteiger charge is 2.04. The molecule has 2 aromatic rings. The fourth-order valence-corrected chi connectivity index (χ4v) is 2.23. The molecule has 96 valence electrons. The van der Waals surface area contributed by atoms with E-state index in [1.54, 1.807) is 30.5 Å². The average molecular weight is 272 g/mol. The monoisotopic (exact) mass is 272 g/mol. The van der Waals surface area contributed by atoms with Crippen molar-refractivity contribution in [1.29, 1.82) is 5.26 Å². The molecule has 2 rings (SSSR count). The molecule has 0 radical (unpaired) electrons. The van der Waals surface area contributed by atoms with E-state index in [4.69, 9.17) is 9.68 Å². The third-order valence-corrected chi connectivity index (χ3v) is 3.29. The van der Waals surface area contributed by atoms with E-state index in [1.807, 2.05) is 18.2 Å². The topological polar surface area (TPSA) is 66.0 Å². The second kappa shape index (κ2) is 6.66. The lowest BCUT2D eigenvalue weighted by Gasteiger charge is -2.04. The molecule has 19 heavy (non-hydrogen) atoms. The van der Waals surface area contributed by atoms with E-state index < -0.39 is 0 Å².